The summed E-state index contributed by atoms with van der Waals surface area (Å²) in [6.45, 7) is 5.62. The molecule has 0 spiro atoms. The molecule has 3 aromatic rings. The monoisotopic (exact) mass is 404 g/mol. The number of halogens is 3. The molecular weight excluding hydrogens is 385 g/mol. The minimum atomic E-state index is -4.82. The van der Waals surface area contributed by atoms with Crippen LogP contribution in [0.3, 0.4) is 0 Å². The highest BCUT2D eigenvalue weighted by Crippen LogP contribution is 2.29. The molecule has 1 nitrogen and oxygen atoms in total. The highest BCUT2D eigenvalue weighted by molar-refractivity contribution is 5.58. The fourth-order valence-corrected chi connectivity index (χ4v) is 2.75. The molecule has 0 N–H and O–H groups in total. The van der Waals surface area contributed by atoms with Crippen molar-refractivity contribution in [3.8, 4) is 29.4 Å². The van der Waals surface area contributed by atoms with Gasteiger partial charge in [0.15, 0.2) is 0 Å². The molecular formula is C26H19F3O. The molecule has 0 bridgehead atoms. The van der Waals surface area contributed by atoms with Gasteiger partial charge < -0.3 is 4.74 Å². The minimum Gasteiger partial charge on any atom is -0.404 e. The van der Waals surface area contributed by atoms with Crippen molar-refractivity contribution in [1.29, 1.82) is 0 Å². The Kier molecular flexibility index (Phi) is 6.19. The average Bonchev–Trinajstić information content (AvgIpc) is 2.67. The van der Waals surface area contributed by atoms with Crippen molar-refractivity contribution < 1.29 is 17.9 Å². The molecule has 0 aliphatic rings. The van der Waals surface area contributed by atoms with Crippen molar-refractivity contribution >= 4 is 0 Å². The summed E-state index contributed by atoms with van der Waals surface area (Å²) >= 11 is 0. The van der Waals surface area contributed by atoms with Crippen molar-refractivity contribution in [3.05, 3.63) is 99.6 Å². The second-order valence-corrected chi connectivity index (χ2v) is 6.95. The number of alkyl halides is 3. The zero-order valence-electron chi connectivity index (χ0n) is 16.8. The first kappa shape index (κ1) is 21.1. The molecule has 0 aliphatic heterocycles. The normalized spacial score (nSPS) is 10.5. The Morgan fingerprint density at radius 3 is 1.60 bits per heavy atom. The first-order valence-electron chi connectivity index (χ1n) is 9.27. The molecule has 0 aliphatic carbocycles. The van der Waals surface area contributed by atoms with Gasteiger partial charge in [0, 0.05) is 16.7 Å². The molecule has 30 heavy (non-hydrogen) atoms. The lowest BCUT2D eigenvalue weighted by atomic mass is 10.0. The second kappa shape index (κ2) is 8.80. The molecule has 0 aromatic heterocycles. The van der Waals surface area contributed by atoms with Crippen LogP contribution in [-0.4, -0.2) is 6.36 Å². The van der Waals surface area contributed by atoms with E-state index in [0.29, 0.717) is 16.7 Å². The van der Waals surface area contributed by atoms with Crippen LogP contribution in [0.25, 0.3) is 0 Å². The molecule has 0 saturated carbocycles. The molecule has 0 unspecified atom stereocenters. The summed E-state index contributed by atoms with van der Waals surface area (Å²) in [4.78, 5) is 0. The first-order valence-corrected chi connectivity index (χ1v) is 9.27. The lowest BCUT2D eigenvalue weighted by Crippen LogP contribution is -2.18. The number of ether oxygens (including phenoxy) is 1. The van der Waals surface area contributed by atoms with E-state index in [0.717, 1.165) is 16.7 Å². The van der Waals surface area contributed by atoms with Crippen LogP contribution >= 0.6 is 0 Å². The number of hydrogen-bond donors (Lipinski definition) is 0. The van der Waals surface area contributed by atoms with Crippen LogP contribution in [0.2, 0.25) is 0 Å². The summed E-state index contributed by atoms with van der Waals surface area (Å²) in [5, 5.41) is 0. The Bertz CT molecular complexity index is 1160. The molecule has 3 rings (SSSR count). The van der Waals surface area contributed by atoms with Crippen molar-refractivity contribution in [3.63, 3.8) is 0 Å². The van der Waals surface area contributed by atoms with Crippen LogP contribution in [-0.2, 0) is 0 Å². The van der Waals surface area contributed by atoms with E-state index in [2.05, 4.69) is 28.4 Å². The standard InChI is InChI=1S/C26H19F3O/c1-18-4-8-21(9-5-18)12-13-23-16-20(3)24(25(17-23)30-26(27,28)29)15-14-22-10-6-19(2)7-11-22/h4-11,16-17H,1-3H3. The van der Waals surface area contributed by atoms with E-state index in [4.69, 9.17) is 0 Å². The van der Waals surface area contributed by atoms with Crippen LogP contribution in [0, 0.1) is 44.5 Å². The third kappa shape index (κ3) is 5.93. The molecule has 150 valence electrons. The van der Waals surface area contributed by atoms with Gasteiger partial charge in [-0.05, 0) is 62.7 Å². The van der Waals surface area contributed by atoms with E-state index in [1.807, 2.05) is 62.4 Å². The molecule has 0 saturated heterocycles. The molecule has 0 fully saturated rings. The fourth-order valence-electron chi connectivity index (χ4n) is 2.75. The fraction of sp³-hybridized carbons (Fsp3) is 0.154. The summed E-state index contributed by atoms with van der Waals surface area (Å²) in [7, 11) is 0. The van der Waals surface area contributed by atoms with Gasteiger partial charge in [-0.3, -0.25) is 0 Å². The van der Waals surface area contributed by atoms with E-state index in [1.54, 1.807) is 13.0 Å². The van der Waals surface area contributed by atoms with E-state index < -0.39 is 6.36 Å². The Hall–Kier alpha value is -3.63. The highest BCUT2D eigenvalue weighted by Gasteiger charge is 2.32. The number of hydrogen-bond acceptors (Lipinski definition) is 1. The van der Waals surface area contributed by atoms with Gasteiger partial charge in [0.05, 0.1) is 5.56 Å². The van der Waals surface area contributed by atoms with Crippen molar-refractivity contribution in [2.24, 2.45) is 0 Å². The van der Waals surface area contributed by atoms with Gasteiger partial charge >= 0.3 is 6.36 Å². The van der Waals surface area contributed by atoms with Crippen molar-refractivity contribution in [1.82, 2.24) is 0 Å². The summed E-state index contributed by atoms with van der Waals surface area (Å²) in [6.07, 6.45) is -4.82. The topological polar surface area (TPSA) is 9.23 Å². The van der Waals surface area contributed by atoms with Crippen LogP contribution in [0.4, 0.5) is 13.2 Å². The lowest BCUT2D eigenvalue weighted by Gasteiger charge is -2.13. The predicted molar refractivity (Wildman–Crippen MR) is 112 cm³/mol. The van der Waals surface area contributed by atoms with E-state index in [-0.39, 0.29) is 11.3 Å². The molecule has 0 heterocycles. The quantitative estimate of drug-likeness (QED) is 0.432. The summed E-state index contributed by atoms with van der Waals surface area (Å²) < 4.78 is 43.2. The smallest absolute Gasteiger partial charge is 0.404 e. The van der Waals surface area contributed by atoms with Gasteiger partial charge in [0.1, 0.15) is 5.75 Å². The maximum atomic E-state index is 13.0. The third-order valence-corrected chi connectivity index (χ3v) is 4.31. The zero-order valence-corrected chi connectivity index (χ0v) is 16.8. The average molecular weight is 404 g/mol. The van der Waals surface area contributed by atoms with Crippen LogP contribution < -0.4 is 4.74 Å². The lowest BCUT2D eigenvalue weighted by molar-refractivity contribution is -0.274. The van der Waals surface area contributed by atoms with E-state index in [1.165, 1.54) is 6.07 Å². The predicted octanol–water partition coefficient (Wildman–Crippen LogP) is 6.31. The Labute approximate surface area is 174 Å². The second-order valence-electron chi connectivity index (χ2n) is 6.95. The third-order valence-electron chi connectivity index (χ3n) is 4.31. The Morgan fingerprint density at radius 2 is 1.10 bits per heavy atom. The maximum absolute atomic E-state index is 13.0. The summed E-state index contributed by atoms with van der Waals surface area (Å²) in [6, 6.07) is 18.0. The molecule has 0 amide bonds. The summed E-state index contributed by atoms with van der Waals surface area (Å²) in [5.74, 6) is 11.3. The van der Waals surface area contributed by atoms with Gasteiger partial charge in [-0.2, -0.15) is 0 Å². The van der Waals surface area contributed by atoms with E-state index in [9.17, 15) is 13.2 Å². The van der Waals surface area contributed by atoms with Crippen molar-refractivity contribution in [2.75, 3.05) is 0 Å². The van der Waals surface area contributed by atoms with Crippen LogP contribution in [0.1, 0.15) is 38.9 Å². The van der Waals surface area contributed by atoms with Crippen LogP contribution in [0.15, 0.2) is 60.7 Å². The first-order chi connectivity index (χ1) is 14.2. The Morgan fingerprint density at radius 1 is 0.633 bits per heavy atom. The highest BCUT2D eigenvalue weighted by atomic mass is 19.4. The maximum Gasteiger partial charge on any atom is 0.573 e. The molecule has 4 heteroatoms. The van der Waals surface area contributed by atoms with Gasteiger partial charge in [-0.1, -0.05) is 59.1 Å². The summed E-state index contributed by atoms with van der Waals surface area (Å²) in [5.41, 5.74) is 4.84. The van der Waals surface area contributed by atoms with Gasteiger partial charge in [-0.25, -0.2) is 0 Å². The van der Waals surface area contributed by atoms with Crippen molar-refractivity contribution in [2.45, 2.75) is 27.1 Å². The van der Waals surface area contributed by atoms with Crippen LogP contribution in [0.5, 0.6) is 5.75 Å². The Balaban J connectivity index is 2.01. The number of rotatable bonds is 1. The molecule has 3 aromatic carbocycles. The van der Waals surface area contributed by atoms with Gasteiger partial charge in [-0.15, -0.1) is 13.2 Å². The van der Waals surface area contributed by atoms with Gasteiger partial charge in [0.2, 0.25) is 0 Å². The molecule has 0 radical (unpaired) electrons. The number of benzene rings is 3. The minimum absolute atomic E-state index is 0.189. The van der Waals surface area contributed by atoms with E-state index >= 15 is 0 Å². The molecule has 0 atom stereocenters. The van der Waals surface area contributed by atoms with Gasteiger partial charge in [0.25, 0.3) is 0 Å². The number of aryl methyl sites for hydroxylation is 3. The SMILES string of the molecule is Cc1ccc(C#Cc2cc(C)c(C#Cc3ccc(C)cc3)c(OC(F)(F)F)c2)cc1. The largest absolute Gasteiger partial charge is 0.573 e. The zero-order chi connectivity index (χ0) is 21.7.